The van der Waals surface area contributed by atoms with E-state index in [1.165, 1.54) is 18.2 Å². The molecular weight excluding hydrogens is 337 g/mol. The van der Waals surface area contributed by atoms with Crippen LogP contribution in [0.4, 0.5) is 15.9 Å². The van der Waals surface area contributed by atoms with Crippen LogP contribution >= 0.6 is 0 Å². The molecule has 0 fully saturated rings. The molecule has 0 bridgehead atoms. The third-order valence-electron chi connectivity index (χ3n) is 4.03. The summed E-state index contributed by atoms with van der Waals surface area (Å²) in [6.07, 6.45) is 3.05. The standard InChI is InChI=1S/C18H18FN5O2/c1-23(18-17(24(25)26)5-2-10-20-18)11-3-4-15-12-16(22-21-15)13-6-8-14(19)9-7-13/h2,5-10,12H,3-4,11H2,1H3,(H,21,22). The fourth-order valence-corrected chi connectivity index (χ4v) is 2.70. The van der Waals surface area contributed by atoms with Crippen LogP contribution in [-0.2, 0) is 6.42 Å². The van der Waals surface area contributed by atoms with Crippen LogP contribution in [0.1, 0.15) is 12.1 Å². The van der Waals surface area contributed by atoms with Crippen LogP contribution in [0, 0.1) is 15.9 Å². The Hall–Kier alpha value is -3.29. The Kier molecular flexibility index (Phi) is 5.21. The number of nitrogens with one attached hydrogen (secondary N) is 1. The molecule has 0 aliphatic carbocycles. The molecule has 2 aromatic heterocycles. The average molecular weight is 355 g/mol. The van der Waals surface area contributed by atoms with Gasteiger partial charge in [0.15, 0.2) is 0 Å². The summed E-state index contributed by atoms with van der Waals surface area (Å²) < 4.78 is 13.0. The Bertz CT molecular complexity index is 895. The van der Waals surface area contributed by atoms with Gasteiger partial charge in [0, 0.05) is 37.1 Å². The lowest BCUT2D eigenvalue weighted by atomic mass is 10.1. The van der Waals surface area contributed by atoms with E-state index in [0.717, 1.165) is 29.8 Å². The zero-order valence-electron chi connectivity index (χ0n) is 14.2. The van der Waals surface area contributed by atoms with Crippen LogP contribution in [0.25, 0.3) is 11.3 Å². The first kappa shape index (κ1) is 17.5. The van der Waals surface area contributed by atoms with Gasteiger partial charge < -0.3 is 4.90 Å². The fraction of sp³-hybridized carbons (Fsp3) is 0.222. The highest BCUT2D eigenvalue weighted by atomic mass is 19.1. The van der Waals surface area contributed by atoms with E-state index in [4.69, 9.17) is 0 Å². The van der Waals surface area contributed by atoms with Crippen LogP contribution in [0.3, 0.4) is 0 Å². The number of anilines is 1. The molecule has 7 nitrogen and oxygen atoms in total. The molecule has 0 unspecified atom stereocenters. The van der Waals surface area contributed by atoms with Gasteiger partial charge >= 0.3 is 5.69 Å². The Labute approximate surface area is 149 Å². The van der Waals surface area contributed by atoms with Crippen molar-refractivity contribution in [3.05, 3.63) is 70.3 Å². The number of halogens is 1. The van der Waals surface area contributed by atoms with Crippen LogP contribution in [-0.4, -0.2) is 33.7 Å². The van der Waals surface area contributed by atoms with Crippen molar-refractivity contribution in [3.8, 4) is 11.3 Å². The van der Waals surface area contributed by atoms with Gasteiger partial charge in [0.05, 0.1) is 10.6 Å². The lowest BCUT2D eigenvalue weighted by Gasteiger charge is -2.17. The molecule has 134 valence electrons. The Morgan fingerprint density at radius 2 is 2.04 bits per heavy atom. The number of aromatic amines is 1. The van der Waals surface area contributed by atoms with Crippen molar-refractivity contribution in [3.63, 3.8) is 0 Å². The maximum Gasteiger partial charge on any atom is 0.311 e. The quantitative estimate of drug-likeness (QED) is 0.517. The van der Waals surface area contributed by atoms with E-state index in [1.807, 2.05) is 6.07 Å². The summed E-state index contributed by atoms with van der Waals surface area (Å²) >= 11 is 0. The number of nitrogens with zero attached hydrogens (tertiary/aromatic N) is 4. The van der Waals surface area contributed by atoms with Crippen molar-refractivity contribution >= 4 is 11.5 Å². The van der Waals surface area contributed by atoms with Crippen molar-refractivity contribution in [2.75, 3.05) is 18.5 Å². The molecule has 26 heavy (non-hydrogen) atoms. The molecule has 2 heterocycles. The number of H-pyrrole nitrogens is 1. The van der Waals surface area contributed by atoms with Crippen molar-refractivity contribution in [1.82, 2.24) is 15.2 Å². The molecule has 0 saturated heterocycles. The van der Waals surface area contributed by atoms with Crippen LogP contribution < -0.4 is 4.90 Å². The van der Waals surface area contributed by atoms with E-state index in [1.54, 1.807) is 36.3 Å². The van der Waals surface area contributed by atoms with Gasteiger partial charge in [-0.3, -0.25) is 15.2 Å². The topological polar surface area (TPSA) is 88.0 Å². The van der Waals surface area contributed by atoms with Gasteiger partial charge in [-0.1, -0.05) is 0 Å². The Balaban J connectivity index is 1.59. The van der Waals surface area contributed by atoms with E-state index >= 15 is 0 Å². The highest BCUT2D eigenvalue weighted by Gasteiger charge is 2.17. The second kappa shape index (κ2) is 7.73. The Morgan fingerprint density at radius 3 is 2.77 bits per heavy atom. The van der Waals surface area contributed by atoms with E-state index in [0.29, 0.717) is 12.4 Å². The van der Waals surface area contributed by atoms with Gasteiger partial charge in [-0.05, 0) is 49.2 Å². The van der Waals surface area contributed by atoms with Crippen LogP contribution in [0.2, 0.25) is 0 Å². The SMILES string of the molecule is CN(CCCc1cc(-c2ccc(F)cc2)n[nH]1)c1ncccc1[N+](=O)[O-]. The first-order valence-corrected chi connectivity index (χ1v) is 8.15. The molecule has 0 spiro atoms. The zero-order valence-corrected chi connectivity index (χ0v) is 14.2. The fourth-order valence-electron chi connectivity index (χ4n) is 2.70. The summed E-state index contributed by atoms with van der Waals surface area (Å²) in [5.74, 6) is 0.0743. The second-order valence-electron chi connectivity index (χ2n) is 5.91. The largest absolute Gasteiger partial charge is 0.354 e. The first-order valence-electron chi connectivity index (χ1n) is 8.15. The molecule has 1 aromatic carbocycles. The maximum absolute atomic E-state index is 13.0. The molecule has 8 heteroatoms. The molecule has 3 rings (SSSR count). The second-order valence-corrected chi connectivity index (χ2v) is 5.91. The highest BCUT2D eigenvalue weighted by molar-refractivity contribution is 5.59. The minimum Gasteiger partial charge on any atom is -0.354 e. The zero-order chi connectivity index (χ0) is 18.5. The Morgan fingerprint density at radius 1 is 1.27 bits per heavy atom. The third kappa shape index (κ3) is 4.02. The van der Waals surface area contributed by atoms with Crippen LogP contribution in [0.5, 0.6) is 0 Å². The number of hydrogen-bond acceptors (Lipinski definition) is 5. The van der Waals surface area contributed by atoms with Crippen molar-refractivity contribution in [2.45, 2.75) is 12.8 Å². The van der Waals surface area contributed by atoms with E-state index in [-0.39, 0.29) is 11.5 Å². The molecule has 1 N–H and O–H groups in total. The predicted molar refractivity (Wildman–Crippen MR) is 96.5 cm³/mol. The first-order chi connectivity index (χ1) is 12.5. The van der Waals surface area contributed by atoms with E-state index < -0.39 is 4.92 Å². The minimum atomic E-state index is -0.428. The number of nitro groups is 1. The lowest BCUT2D eigenvalue weighted by Crippen LogP contribution is -2.21. The summed E-state index contributed by atoms with van der Waals surface area (Å²) in [7, 11) is 1.78. The van der Waals surface area contributed by atoms with Gasteiger partial charge in [-0.25, -0.2) is 9.37 Å². The van der Waals surface area contributed by atoms with Gasteiger partial charge in [0.2, 0.25) is 5.82 Å². The summed E-state index contributed by atoms with van der Waals surface area (Å²) in [5, 5.41) is 18.3. The maximum atomic E-state index is 13.0. The number of aryl methyl sites for hydroxylation is 1. The smallest absolute Gasteiger partial charge is 0.311 e. The minimum absolute atomic E-state index is 0.00450. The molecular formula is C18H18FN5O2. The van der Waals surface area contributed by atoms with Crippen molar-refractivity contribution in [1.29, 1.82) is 0 Å². The summed E-state index contributed by atoms with van der Waals surface area (Å²) in [6, 6.07) is 11.1. The van der Waals surface area contributed by atoms with Gasteiger partial charge in [0.25, 0.3) is 0 Å². The molecule has 0 aliphatic rings. The summed E-state index contributed by atoms with van der Waals surface area (Å²) in [6.45, 7) is 0.614. The van der Waals surface area contributed by atoms with E-state index in [9.17, 15) is 14.5 Å². The monoisotopic (exact) mass is 355 g/mol. The number of rotatable bonds is 7. The molecule has 3 aromatic rings. The normalized spacial score (nSPS) is 10.7. The molecule has 0 saturated carbocycles. The number of hydrogen-bond donors (Lipinski definition) is 1. The number of pyridine rings is 1. The molecule has 0 amide bonds. The molecule has 0 radical (unpaired) electrons. The molecule has 0 atom stereocenters. The predicted octanol–water partition coefficient (Wildman–Crippen LogP) is 3.59. The van der Waals surface area contributed by atoms with Crippen molar-refractivity contribution < 1.29 is 9.31 Å². The van der Waals surface area contributed by atoms with Gasteiger partial charge in [-0.2, -0.15) is 5.10 Å². The van der Waals surface area contributed by atoms with Gasteiger partial charge in [-0.15, -0.1) is 0 Å². The van der Waals surface area contributed by atoms with E-state index in [2.05, 4.69) is 15.2 Å². The number of aromatic nitrogens is 3. The highest BCUT2D eigenvalue weighted by Crippen LogP contribution is 2.24. The average Bonchev–Trinajstić information content (AvgIpc) is 3.11. The summed E-state index contributed by atoms with van der Waals surface area (Å²) in [4.78, 5) is 16.5. The van der Waals surface area contributed by atoms with Gasteiger partial charge in [0.1, 0.15) is 5.82 Å². The van der Waals surface area contributed by atoms with Crippen LogP contribution in [0.15, 0.2) is 48.7 Å². The summed E-state index contributed by atoms with van der Waals surface area (Å²) in [5.41, 5.74) is 2.55. The molecule has 0 aliphatic heterocycles. The lowest BCUT2D eigenvalue weighted by molar-refractivity contribution is -0.384. The number of benzene rings is 1. The third-order valence-corrected chi connectivity index (χ3v) is 4.03. The van der Waals surface area contributed by atoms with Crippen molar-refractivity contribution in [2.24, 2.45) is 0 Å².